The van der Waals surface area contributed by atoms with Crippen molar-refractivity contribution in [1.29, 1.82) is 0 Å². The van der Waals surface area contributed by atoms with Gasteiger partial charge < -0.3 is 196 Å². The molecule has 7 aliphatic heterocycles. The number of carbonyl (C=O) groups excluding carboxylic acids is 1. The lowest BCUT2D eigenvalue weighted by Gasteiger charge is -2.45. The van der Waals surface area contributed by atoms with Crippen LogP contribution in [-0.4, -0.2) is 412 Å². The first kappa shape index (κ1) is 110. The van der Waals surface area contributed by atoms with Gasteiger partial charge in [0.2, 0.25) is 5.91 Å². The van der Waals surface area contributed by atoms with Crippen LogP contribution < -0.4 is 16.8 Å². The van der Waals surface area contributed by atoms with Gasteiger partial charge in [-0.15, -0.1) is 0 Å². The van der Waals surface area contributed by atoms with Gasteiger partial charge in [0.05, 0.1) is 104 Å². The SMILES string of the molecule is CC(=O)NC1[C@H](OC(C)(C)C)OC(CO)[C@@H](O)[C@@H]1O.CC(C)(C)O[C@@H]1OC(CO)[C@@H](O)[C@H](O)C1F.CC(C)(C)O[C@@H]1OC(CO)[C@@H](O)[C@H](O)C1N.CC(C)(C)O[C@@H]1OC(CO)[C@@H](O)[C@H](O)C1O.CC(C)(C)O[C@H]1OC(CO)[C@@H](O)[C@H](O)C1N.CC(C)(C)[C@@H]1OC(CO)[C@@H](O)[C@H](O)C1O.CC1[C@@H](OC(C)(C)C)OC(CO)[C@@H](O)[C@@H]1O. The highest BCUT2D eigenvalue weighted by Crippen LogP contribution is 2.36. The molecule has 28 N–H and O–H groups in total. The van der Waals surface area contributed by atoms with Crippen LogP contribution >= 0.6 is 0 Å². The molecule has 35 atom stereocenters. The minimum absolute atomic E-state index is 0.336. The summed E-state index contributed by atoms with van der Waals surface area (Å²) in [6.07, 6.45) is -34.4. The van der Waals surface area contributed by atoms with Crippen molar-refractivity contribution in [1.82, 2.24) is 5.32 Å². The molecule has 0 saturated carbocycles. The third-order valence-electron chi connectivity index (χ3n) is 17.5. The minimum Gasteiger partial charge on any atom is -0.394 e. The largest absolute Gasteiger partial charge is 0.394 e. The Morgan fingerprint density at radius 3 is 0.868 bits per heavy atom. The predicted octanol–water partition coefficient (Wildman–Crippen LogP) is -7.19. The first-order valence-corrected chi connectivity index (χ1v) is 38.0. The molecule has 0 aromatic heterocycles. The van der Waals surface area contributed by atoms with Crippen LogP contribution in [-0.2, 0) is 66.4 Å². The van der Waals surface area contributed by atoms with Crippen LogP contribution in [0.2, 0.25) is 0 Å². The van der Waals surface area contributed by atoms with E-state index in [1.807, 2.05) is 83.1 Å². The standard InChI is InChI=1S/C12H23NO6.C11H22O5.C10H19FO5.2C10H21NO5.C10H20O6.C10H20O5/c1-6(15)13-8-10(17)9(16)7(5-14)18-11(8)19-12(2,3)4;1-6-8(13)9(14)7(5-12)15-10(6)16-11(2,3)4;3*1-10(2,3)16-9-6(11)8(14)7(13)5(4-12)15-9;1-10(2,3)16-9-8(14)7(13)6(12)5(4-11)15-9;1-10(2,3)9-8(14)7(13)6(12)5(4-11)15-9/h7-11,14,16-17H,5H2,1-4H3,(H,13,15);6-10,12-14H,5H2,1-4H3;5-9,12-14H,4H2,1-3H3;2*5-9,12-14H,4,11H2,1-3H3;5-9,11-14H,4H2,1-3H3;5-9,11-14H,4H2,1-3H3/t7?,8?,9-,10-,11+;6?,7?,8-,9-,10-;2*5?,6?,7-,8-,9+;5?,6?,7-,8-,9-;5?,6-,7+,8?,9+;5?,6-,7+,8?,9-/m1111111/s1. The number of hydrogen-bond donors (Lipinski definition) is 26. The normalized spacial score (nSPS) is 40.5. The molecular weight excluding hydrogens is 1530 g/mol. The highest BCUT2D eigenvalue weighted by molar-refractivity contribution is 5.73. The summed E-state index contributed by atoms with van der Waals surface area (Å²) in [7, 11) is 0. The van der Waals surface area contributed by atoms with Gasteiger partial charge in [-0.25, -0.2) is 4.39 Å². The maximum atomic E-state index is 13.6. The van der Waals surface area contributed by atoms with Crippen molar-refractivity contribution in [2.24, 2.45) is 22.8 Å². The summed E-state index contributed by atoms with van der Waals surface area (Å²) in [4.78, 5) is 11.2. The van der Waals surface area contributed by atoms with Crippen LogP contribution in [0.4, 0.5) is 4.39 Å². The third-order valence-corrected chi connectivity index (χ3v) is 17.5. The van der Waals surface area contributed by atoms with Crippen molar-refractivity contribution >= 4 is 5.91 Å². The summed E-state index contributed by atoms with van der Waals surface area (Å²) >= 11 is 0. The van der Waals surface area contributed by atoms with Crippen LogP contribution in [0.25, 0.3) is 0 Å². The van der Waals surface area contributed by atoms with Gasteiger partial charge in [-0.3, -0.25) is 4.79 Å². The number of halogens is 1. The van der Waals surface area contributed by atoms with Crippen LogP contribution in [0.15, 0.2) is 0 Å². The van der Waals surface area contributed by atoms with Crippen molar-refractivity contribution in [3.63, 3.8) is 0 Å². The second kappa shape index (κ2) is 46.9. The van der Waals surface area contributed by atoms with E-state index in [1.54, 1.807) is 69.2 Å². The zero-order valence-corrected chi connectivity index (χ0v) is 70.2. The van der Waals surface area contributed by atoms with Crippen LogP contribution in [0, 0.1) is 11.3 Å². The number of carbonyl (C=O) groups is 1. The second-order valence-corrected chi connectivity index (χ2v) is 35.9. The van der Waals surface area contributed by atoms with Crippen molar-refractivity contribution in [2.45, 2.75) is 401 Å². The Balaban J connectivity index is 0.000000666. The number of ether oxygens (including phenoxy) is 13. The van der Waals surface area contributed by atoms with Crippen molar-refractivity contribution in [3.8, 4) is 0 Å². The topological polar surface area (TPSA) is 666 Å². The molecule has 1 amide bonds. The van der Waals surface area contributed by atoms with Gasteiger partial charge in [0.25, 0.3) is 0 Å². The molecule has 7 fully saturated rings. The molecule has 682 valence electrons. The van der Waals surface area contributed by atoms with Crippen LogP contribution in [0.5, 0.6) is 0 Å². The number of hydrogen-bond acceptors (Lipinski definition) is 39. The van der Waals surface area contributed by atoms with Gasteiger partial charge in [0.15, 0.2) is 43.9 Å². The molecule has 114 heavy (non-hydrogen) atoms. The van der Waals surface area contributed by atoms with E-state index >= 15 is 0 Å². The zero-order chi connectivity index (χ0) is 89.1. The van der Waals surface area contributed by atoms with Gasteiger partial charge in [-0.2, -0.15) is 0 Å². The number of aliphatic hydroxyl groups excluding tert-OH is 23. The Bertz CT molecular complexity index is 2360. The Labute approximate surface area is 667 Å². The summed E-state index contributed by atoms with van der Waals surface area (Å²) in [6.45, 7) is 38.2. The molecule has 0 spiro atoms. The Morgan fingerprint density at radius 2 is 0.544 bits per heavy atom. The second-order valence-electron chi connectivity index (χ2n) is 35.9. The average Bonchev–Trinajstić information content (AvgIpc) is 0.771. The molecule has 0 aromatic rings. The Hall–Kier alpha value is -2.12. The van der Waals surface area contributed by atoms with Crippen LogP contribution in [0.1, 0.15) is 159 Å². The number of amides is 1. The quantitative estimate of drug-likeness (QED) is 0.0768. The van der Waals surface area contributed by atoms with E-state index in [9.17, 15) is 90.9 Å². The van der Waals surface area contributed by atoms with Crippen molar-refractivity contribution in [3.05, 3.63) is 0 Å². The van der Waals surface area contributed by atoms with Gasteiger partial charge in [-0.05, 0) is 130 Å². The summed E-state index contributed by atoms with van der Waals surface area (Å²) in [5.74, 6) is -0.707. The lowest BCUT2D eigenvalue weighted by atomic mass is 9.80. The fraction of sp³-hybridized carbons (Fsp3) is 0.986. The van der Waals surface area contributed by atoms with E-state index < -0.39 is 275 Å². The fourth-order valence-electron chi connectivity index (χ4n) is 11.6. The van der Waals surface area contributed by atoms with E-state index in [0.29, 0.717) is 0 Å². The molecular formula is C73H146FN3O37. The molecule has 7 saturated heterocycles. The first-order valence-electron chi connectivity index (χ1n) is 38.0. The molecule has 41 heteroatoms. The highest BCUT2D eigenvalue weighted by atomic mass is 19.1. The molecule has 40 nitrogen and oxygen atoms in total. The monoisotopic (exact) mass is 1680 g/mol. The molecule has 0 aliphatic carbocycles. The van der Waals surface area contributed by atoms with E-state index in [1.165, 1.54) is 6.92 Å². The number of alkyl halides is 1. The highest BCUT2D eigenvalue weighted by Gasteiger charge is 2.52. The molecule has 7 aliphatic rings. The molecule has 0 aromatic carbocycles. The van der Waals surface area contributed by atoms with Gasteiger partial charge >= 0.3 is 0 Å². The predicted molar refractivity (Wildman–Crippen MR) is 398 cm³/mol. The summed E-state index contributed by atoms with van der Waals surface area (Å²) in [5, 5.41) is 219. The fourth-order valence-corrected chi connectivity index (χ4v) is 11.6. The minimum atomic E-state index is -1.84. The summed E-state index contributed by atoms with van der Waals surface area (Å²) in [5.41, 5.74) is 7.89. The lowest BCUT2D eigenvalue weighted by molar-refractivity contribution is -0.320. The van der Waals surface area contributed by atoms with Crippen LogP contribution in [0.3, 0.4) is 0 Å². The zero-order valence-electron chi connectivity index (χ0n) is 70.2. The van der Waals surface area contributed by atoms with E-state index in [-0.39, 0.29) is 30.5 Å². The van der Waals surface area contributed by atoms with E-state index in [0.717, 1.165) is 0 Å². The van der Waals surface area contributed by atoms with Gasteiger partial charge in [0.1, 0.15) is 140 Å². The van der Waals surface area contributed by atoms with Crippen molar-refractivity contribution < 1.29 is 188 Å². The maximum Gasteiger partial charge on any atom is 0.217 e. The number of nitrogens with two attached hydrogens (primary N) is 2. The van der Waals surface area contributed by atoms with E-state index in [2.05, 4.69) is 5.32 Å². The summed E-state index contributed by atoms with van der Waals surface area (Å²) < 4.78 is 83.6. The maximum absolute atomic E-state index is 13.6. The number of rotatable bonds is 14. The smallest absolute Gasteiger partial charge is 0.217 e. The number of nitrogens with one attached hydrogen (secondary N) is 1. The molecule has 0 bridgehead atoms. The lowest BCUT2D eigenvalue weighted by Crippen LogP contribution is -2.65. The Morgan fingerprint density at radius 1 is 0.307 bits per heavy atom. The molecule has 7 rings (SSSR count). The van der Waals surface area contributed by atoms with Gasteiger partial charge in [0, 0.05) is 12.8 Å². The van der Waals surface area contributed by atoms with E-state index in [4.69, 9.17) is 109 Å². The number of aliphatic hydroxyl groups is 23. The average molecular weight is 1680 g/mol. The molecule has 0 radical (unpaired) electrons. The summed E-state index contributed by atoms with van der Waals surface area (Å²) in [6, 6.07) is -2.57. The Kier molecular flexibility index (Phi) is 45.2. The molecule has 7 heterocycles. The molecule has 14 unspecified atom stereocenters. The van der Waals surface area contributed by atoms with Crippen molar-refractivity contribution in [2.75, 3.05) is 46.2 Å². The first-order chi connectivity index (χ1) is 51.7. The third kappa shape index (κ3) is 35.4. The van der Waals surface area contributed by atoms with Gasteiger partial charge in [-0.1, -0.05) is 27.7 Å².